The van der Waals surface area contributed by atoms with Crippen LogP contribution in [0, 0.1) is 23.2 Å². The molecule has 2 aliphatic heterocycles. The zero-order valence-corrected chi connectivity index (χ0v) is 50.4. The summed E-state index contributed by atoms with van der Waals surface area (Å²) in [6, 6.07) is 8.97. The second kappa shape index (κ2) is 32.2. The lowest BCUT2D eigenvalue weighted by Gasteiger charge is -2.29. The molecule has 2 aromatic rings. The zero-order valence-electron chi connectivity index (χ0n) is 48.8. The first kappa shape index (κ1) is 69.3. The highest BCUT2D eigenvalue weighted by Crippen LogP contribution is 2.45. The molecule has 1 fully saturated rings. The summed E-state index contributed by atoms with van der Waals surface area (Å²) >= 11 is 6.37. The predicted molar refractivity (Wildman–Crippen MR) is 305 cm³/mol. The molecule has 464 valence electrons. The standard InChI is InChI=1S/C57H80ClN7O18S/c1-32(2)27-43-55(75)81-41(11-10-12-45(67)63-40(29-37-15-18-42(80-9)39(58)28-37)53(73)61-31-57(7,8)56(76)82-43)34(5)50-51(83-50)38-16-13-36(14-17-38)30-60-52(72)35(6)62-54(74)49(33(3)4)64-46(68)21-24-65(25-22-48(70)71)47(69)20-19-44(66)59-23-26-84(77,78)79/h10,12-18,28,32-35,40-41,43,49-51H,11,19-27,29-31H2,1-9H3,(H,59,66)(H,60,72)(H,61,73)(H,62,74)(H,63,67)(H,64,68)(H,70,71)(H,77,78,79)/b12-10+/t34-,35-,40-,41-,43-,49-,50+,51+/m0/s1. The number of halogens is 1. The average Bonchev–Trinajstić information content (AvgIpc) is 3.21. The summed E-state index contributed by atoms with van der Waals surface area (Å²) in [5.41, 5.74) is 0.818. The maximum Gasteiger partial charge on any atom is 0.347 e. The first-order chi connectivity index (χ1) is 39.4. The average molecular weight is 1220 g/mol. The third kappa shape index (κ3) is 23.1. The van der Waals surface area contributed by atoms with Crippen LogP contribution >= 0.6 is 11.6 Å². The van der Waals surface area contributed by atoms with Crippen LogP contribution in [0.5, 0.6) is 5.75 Å². The van der Waals surface area contributed by atoms with E-state index in [1.54, 1.807) is 58.0 Å². The van der Waals surface area contributed by atoms with Crippen LogP contribution < -0.4 is 36.6 Å². The highest BCUT2D eigenvalue weighted by atomic mass is 35.5. The van der Waals surface area contributed by atoms with Crippen molar-refractivity contribution in [2.45, 2.75) is 149 Å². The Bertz CT molecular complexity index is 2830. The number of benzene rings is 2. The molecule has 0 unspecified atom stereocenters. The fraction of sp³-hybridized carbons (Fsp3) is 0.579. The third-order valence-electron chi connectivity index (χ3n) is 13.9. The van der Waals surface area contributed by atoms with Crippen molar-refractivity contribution in [2.75, 3.05) is 39.0 Å². The monoisotopic (exact) mass is 1220 g/mol. The fourth-order valence-electron chi connectivity index (χ4n) is 8.75. The lowest BCUT2D eigenvalue weighted by atomic mass is 9.92. The van der Waals surface area contributed by atoms with Gasteiger partial charge in [0, 0.05) is 70.7 Å². The van der Waals surface area contributed by atoms with E-state index in [-0.39, 0.29) is 70.6 Å². The Morgan fingerprint density at radius 3 is 2.14 bits per heavy atom. The van der Waals surface area contributed by atoms with Crippen molar-refractivity contribution >= 4 is 81.0 Å². The summed E-state index contributed by atoms with van der Waals surface area (Å²) in [6.45, 7) is 12.5. The minimum atomic E-state index is -4.32. The van der Waals surface area contributed by atoms with Gasteiger partial charge in [0.15, 0.2) is 6.10 Å². The number of carboxylic acids is 1. The number of rotatable bonds is 27. The van der Waals surface area contributed by atoms with E-state index < -0.39 is 148 Å². The van der Waals surface area contributed by atoms with Crippen molar-refractivity contribution in [3.8, 4) is 5.75 Å². The topological polar surface area (TPSA) is 361 Å². The maximum absolute atomic E-state index is 14.0. The van der Waals surface area contributed by atoms with Gasteiger partial charge in [-0.2, -0.15) is 8.42 Å². The molecule has 0 spiro atoms. The van der Waals surface area contributed by atoms with Gasteiger partial charge in [-0.05, 0) is 73.9 Å². The fourth-order valence-corrected chi connectivity index (χ4v) is 9.39. The number of carbonyl (C=O) groups is 10. The molecule has 0 radical (unpaired) electrons. The van der Waals surface area contributed by atoms with Crippen molar-refractivity contribution in [2.24, 2.45) is 23.2 Å². The normalized spacial score (nSPS) is 20.8. The van der Waals surface area contributed by atoms with Crippen molar-refractivity contribution in [3.05, 3.63) is 76.3 Å². The molecular weight excluding hydrogens is 1140 g/mol. The van der Waals surface area contributed by atoms with E-state index in [1.165, 1.54) is 26.2 Å². The van der Waals surface area contributed by atoms with Crippen LogP contribution in [0.1, 0.15) is 117 Å². The van der Waals surface area contributed by atoms with E-state index >= 15 is 0 Å². The van der Waals surface area contributed by atoms with Gasteiger partial charge in [-0.1, -0.05) is 82.6 Å². The summed E-state index contributed by atoms with van der Waals surface area (Å²) in [6.07, 6.45) is -1.52. The molecule has 0 aliphatic carbocycles. The lowest BCUT2D eigenvalue weighted by Crippen LogP contribution is -2.54. The van der Waals surface area contributed by atoms with Gasteiger partial charge in [-0.25, -0.2) is 4.79 Å². The molecule has 0 saturated carbocycles. The number of nitrogens with one attached hydrogen (secondary N) is 6. The molecule has 4 rings (SSSR count). The van der Waals surface area contributed by atoms with Crippen LogP contribution in [0.3, 0.4) is 0 Å². The lowest BCUT2D eigenvalue weighted by molar-refractivity contribution is -0.179. The number of esters is 2. The van der Waals surface area contributed by atoms with E-state index in [1.807, 2.05) is 32.9 Å². The van der Waals surface area contributed by atoms with Gasteiger partial charge < -0.3 is 60.9 Å². The molecule has 8 atom stereocenters. The molecule has 25 nitrogen and oxygen atoms in total. The molecule has 84 heavy (non-hydrogen) atoms. The summed E-state index contributed by atoms with van der Waals surface area (Å²) in [5, 5.41) is 25.3. The second-order valence-electron chi connectivity index (χ2n) is 22.2. The number of hydrogen-bond donors (Lipinski definition) is 8. The van der Waals surface area contributed by atoms with Gasteiger partial charge in [0.2, 0.25) is 41.4 Å². The number of carboxylic acid groups (broad SMARTS) is 1. The Balaban J connectivity index is 1.36. The summed E-state index contributed by atoms with van der Waals surface area (Å²) in [4.78, 5) is 132. The number of cyclic esters (lactones) is 2. The van der Waals surface area contributed by atoms with Crippen LogP contribution in [-0.2, 0) is 85.2 Å². The van der Waals surface area contributed by atoms with E-state index in [0.717, 1.165) is 10.5 Å². The Morgan fingerprint density at radius 2 is 1.52 bits per heavy atom. The molecular formula is C57H80ClN7O18S. The van der Waals surface area contributed by atoms with Gasteiger partial charge in [0.05, 0.1) is 35.8 Å². The summed E-state index contributed by atoms with van der Waals surface area (Å²) in [5.74, 6) is -8.38. The number of aliphatic carboxylic acids is 1. The van der Waals surface area contributed by atoms with E-state index in [4.69, 9.17) is 35.1 Å². The predicted octanol–water partition coefficient (Wildman–Crippen LogP) is 2.86. The molecule has 2 aliphatic rings. The minimum absolute atomic E-state index is 0.0517. The molecule has 2 heterocycles. The number of nitrogens with zero attached hydrogens (tertiary/aromatic N) is 1. The highest BCUT2D eigenvalue weighted by Gasteiger charge is 2.48. The molecule has 1 saturated heterocycles. The Kier molecular flexibility index (Phi) is 26.6. The van der Waals surface area contributed by atoms with Crippen LogP contribution in [0.25, 0.3) is 0 Å². The van der Waals surface area contributed by atoms with Crippen LogP contribution in [0.4, 0.5) is 0 Å². The maximum atomic E-state index is 14.0. The third-order valence-corrected chi connectivity index (χ3v) is 14.9. The zero-order chi connectivity index (χ0) is 62.6. The summed E-state index contributed by atoms with van der Waals surface area (Å²) < 4.78 is 54.0. The number of amides is 7. The van der Waals surface area contributed by atoms with Crippen LogP contribution in [0.15, 0.2) is 54.6 Å². The number of carbonyl (C=O) groups excluding carboxylic acids is 9. The smallest absolute Gasteiger partial charge is 0.347 e. The highest BCUT2D eigenvalue weighted by molar-refractivity contribution is 7.85. The first-order valence-electron chi connectivity index (χ1n) is 27.7. The van der Waals surface area contributed by atoms with Gasteiger partial charge in [-0.15, -0.1) is 0 Å². The van der Waals surface area contributed by atoms with Gasteiger partial charge in [-0.3, -0.25) is 47.7 Å². The van der Waals surface area contributed by atoms with Gasteiger partial charge >= 0.3 is 17.9 Å². The van der Waals surface area contributed by atoms with Crippen molar-refractivity contribution < 1.29 is 85.0 Å². The molecule has 27 heteroatoms. The Labute approximate surface area is 494 Å². The number of ether oxygens (including phenoxy) is 4. The second-order valence-corrected chi connectivity index (χ2v) is 24.2. The Hall–Kier alpha value is -7.16. The van der Waals surface area contributed by atoms with Crippen molar-refractivity contribution in [1.29, 1.82) is 0 Å². The van der Waals surface area contributed by atoms with Gasteiger partial charge in [0.1, 0.15) is 36.1 Å². The molecule has 0 bridgehead atoms. The van der Waals surface area contributed by atoms with E-state index in [9.17, 15) is 61.5 Å². The SMILES string of the molecule is COc1ccc(C[C@@H]2NC(=O)/C=C/C[C@@H]([C@H](C)[C@H]3O[C@@H]3c3ccc(CNC(=O)[C@H](C)NC(=O)[C@@H](NC(=O)CCN(CCC(=O)O)C(=O)CCC(=O)NCCS(=O)(=O)O)C(C)C)cc3)OC(=O)[C@H](CC(C)C)OC(=O)C(C)(C)CNC2=O)cc1Cl. The molecule has 0 aromatic heterocycles. The minimum Gasteiger partial charge on any atom is -0.495 e. The quantitative estimate of drug-likeness (QED) is 0.0362. The van der Waals surface area contributed by atoms with Crippen LogP contribution in [0.2, 0.25) is 5.02 Å². The largest absolute Gasteiger partial charge is 0.495 e. The van der Waals surface area contributed by atoms with Gasteiger partial charge in [0.25, 0.3) is 10.1 Å². The van der Waals surface area contributed by atoms with Crippen LogP contribution in [-0.4, -0.2) is 158 Å². The first-order valence-corrected chi connectivity index (χ1v) is 29.7. The molecule has 2 aromatic carbocycles. The Morgan fingerprint density at radius 1 is 0.857 bits per heavy atom. The van der Waals surface area contributed by atoms with E-state index in [2.05, 4.69) is 31.9 Å². The number of hydrogen-bond acceptors (Lipinski definition) is 16. The molecule has 8 N–H and O–H groups in total. The summed E-state index contributed by atoms with van der Waals surface area (Å²) in [7, 11) is -2.85. The number of epoxide rings is 1. The van der Waals surface area contributed by atoms with Crippen molar-refractivity contribution in [3.63, 3.8) is 0 Å². The van der Waals surface area contributed by atoms with Crippen molar-refractivity contribution in [1.82, 2.24) is 36.8 Å². The molecule has 7 amide bonds. The van der Waals surface area contributed by atoms with E-state index in [0.29, 0.717) is 21.9 Å². The number of methoxy groups -OCH3 is 1.